The van der Waals surface area contributed by atoms with Gasteiger partial charge in [0.25, 0.3) is 6.67 Å². The molecule has 0 saturated carbocycles. The van der Waals surface area contributed by atoms with Crippen LogP contribution in [0.25, 0.3) is 4.85 Å². The van der Waals surface area contributed by atoms with Crippen LogP contribution in [0.4, 0.5) is 0 Å². The van der Waals surface area contributed by atoms with E-state index in [0.29, 0.717) is 47.6 Å². The van der Waals surface area contributed by atoms with E-state index in [2.05, 4.69) is 64.2 Å². The highest BCUT2D eigenvalue weighted by Crippen LogP contribution is 2.56. The number of methoxy groups -OCH3 is 2. The molecule has 5 aliphatic heterocycles. The molecule has 9 rings (SSSR count). The molecule has 5 heterocycles. The smallest absolute Gasteiger partial charge is 0.271 e. The number of ether oxygens (including phenoxy) is 5. The summed E-state index contributed by atoms with van der Waals surface area (Å²) < 4.78 is 31.6. The number of likely N-dealkylation sites (N-methyl/N-ethyl adjacent to an activating group) is 1. The van der Waals surface area contributed by atoms with Crippen LogP contribution in [0.1, 0.15) is 45.5 Å². The molecule has 5 aliphatic rings. The van der Waals surface area contributed by atoms with Crippen molar-refractivity contribution in [3.63, 3.8) is 0 Å². The SMILES string of the molecule is [C-]#[N+]CN1CCc2cc3c4cc2[C@@H]1Cc1ccc(OC)c(c1)Oc1ccc(cc1)C[C@H]1c2c(cc(OC)c(c2O4)O3)CCN1C. The van der Waals surface area contributed by atoms with Gasteiger partial charge in [-0.1, -0.05) is 18.2 Å². The minimum Gasteiger partial charge on any atom is -0.493 e. The summed E-state index contributed by atoms with van der Waals surface area (Å²) in [5, 5.41) is 0. The molecule has 45 heavy (non-hydrogen) atoms. The normalized spacial score (nSPS) is 19.8. The van der Waals surface area contributed by atoms with E-state index in [1.54, 1.807) is 14.2 Å². The molecule has 4 aromatic rings. The molecular weight excluding hydrogens is 566 g/mol. The first-order valence-corrected chi connectivity index (χ1v) is 15.5. The van der Waals surface area contributed by atoms with Crippen molar-refractivity contribution in [3.05, 3.63) is 105 Å². The second-order valence-electron chi connectivity index (χ2n) is 12.3. The number of fused-ring (bicyclic) bond motifs is 2. The zero-order valence-corrected chi connectivity index (χ0v) is 25.8. The summed E-state index contributed by atoms with van der Waals surface area (Å²) in [5.41, 5.74) is 7.04. The van der Waals surface area contributed by atoms with Crippen LogP contribution in [0.5, 0.6) is 46.0 Å². The fraction of sp³-hybridized carbons (Fsp3) is 0.324. The van der Waals surface area contributed by atoms with Gasteiger partial charge in [-0.25, -0.2) is 11.5 Å². The molecule has 4 aromatic carbocycles. The van der Waals surface area contributed by atoms with Gasteiger partial charge in [0, 0.05) is 30.7 Å². The molecule has 228 valence electrons. The van der Waals surface area contributed by atoms with Gasteiger partial charge in [0.15, 0.2) is 34.5 Å². The molecule has 8 nitrogen and oxygen atoms in total. The monoisotopic (exact) mass is 601 g/mol. The second-order valence-corrected chi connectivity index (χ2v) is 12.3. The van der Waals surface area contributed by atoms with Crippen molar-refractivity contribution in [2.75, 3.05) is 41.0 Å². The van der Waals surface area contributed by atoms with E-state index in [1.807, 2.05) is 18.2 Å². The van der Waals surface area contributed by atoms with E-state index in [-0.39, 0.29) is 12.1 Å². The lowest BCUT2D eigenvalue weighted by Crippen LogP contribution is -2.36. The Morgan fingerprint density at radius 2 is 1.49 bits per heavy atom. The van der Waals surface area contributed by atoms with E-state index in [1.165, 1.54) is 16.7 Å². The molecule has 0 N–H and O–H groups in total. The van der Waals surface area contributed by atoms with Crippen molar-refractivity contribution < 1.29 is 23.7 Å². The Labute approximate surface area is 263 Å². The third-order valence-corrected chi connectivity index (χ3v) is 9.73. The Kier molecular flexibility index (Phi) is 6.81. The molecule has 0 aromatic heterocycles. The lowest BCUT2D eigenvalue weighted by Gasteiger charge is -2.38. The number of benzene rings is 4. The zero-order valence-electron chi connectivity index (χ0n) is 25.8. The average Bonchev–Trinajstić information content (AvgIpc) is 3.05. The highest BCUT2D eigenvalue weighted by atomic mass is 16.6. The van der Waals surface area contributed by atoms with E-state index in [4.69, 9.17) is 30.3 Å². The molecule has 0 spiro atoms. The Balaban J connectivity index is 1.33. The van der Waals surface area contributed by atoms with Gasteiger partial charge in [-0.05, 0) is 103 Å². The van der Waals surface area contributed by atoms with Gasteiger partial charge >= 0.3 is 0 Å². The summed E-state index contributed by atoms with van der Waals surface area (Å²) in [6, 6.07) is 20.9. The predicted octanol–water partition coefficient (Wildman–Crippen LogP) is 7.50. The second kappa shape index (κ2) is 11.0. The van der Waals surface area contributed by atoms with E-state index in [9.17, 15) is 0 Å². The largest absolute Gasteiger partial charge is 0.493 e. The van der Waals surface area contributed by atoms with Gasteiger partial charge in [-0.2, -0.15) is 0 Å². The van der Waals surface area contributed by atoms with Crippen molar-refractivity contribution in [1.29, 1.82) is 0 Å². The maximum atomic E-state index is 7.69. The third-order valence-electron chi connectivity index (χ3n) is 9.73. The van der Waals surface area contributed by atoms with Crippen molar-refractivity contribution in [2.24, 2.45) is 0 Å². The lowest BCUT2D eigenvalue weighted by molar-refractivity contribution is 0.202. The molecule has 0 amide bonds. The van der Waals surface area contributed by atoms with Crippen LogP contribution in [0.2, 0.25) is 0 Å². The minimum atomic E-state index is -0.0179. The molecule has 0 aliphatic carbocycles. The van der Waals surface area contributed by atoms with E-state index < -0.39 is 0 Å². The Bertz CT molecular complexity index is 1850. The number of rotatable bonds is 3. The van der Waals surface area contributed by atoms with E-state index >= 15 is 0 Å². The molecule has 8 heteroatoms. The van der Waals surface area contributed by atoms with Crippen LogP contribution >= 0.6 is 0 Å². The maximum absolute atomic E-state index is 7.69. The van der Waals surface area contributed by atoms with Gasteiger partial charge in [0.2, 0.25) is 5.75 Å². The summed E-state index contributed by atoms with van der Waals surface area (Å²) in [7, 11) is 5.53. The molecule has 0 fully saturated rings. The first kappa shape index (κ1) is 27.8. The molecule has 0 unspecified atom stereocenters. The van der Waals surface area contributed by atoms with Crippen molar-refractivity contribution >= 4 is 0 Å². The lowest BCUT2D eigenvalue weighted by atomic mass is 9.86. The quantitative estimate of drug-likeness (QED) is 0.199. The number of hydrogen-bond donors (Lipinski definition) is 0. The molecular formula is C37H35N3O5. The van der Waals surface area contributed by atoms with Gasteiger partial charge in [0.1, 0.15) is 5.75 Å². The third kappa shape index (κ3) is 4.75. The summed E-state index contributed by atoms with van der Waals surface area (Å²) >= 11 is 0. The molecule has 0 saturated heterocycles. The van der Waals surface area contributed by atoms with Crippen LogP contribution in [0.3, 0.4) is 0 Å². The summed E-state index contributed by atoms with van der Waals surface area (Å²) in [6.45, 7) is 9.73. The number of hydrogen-bond acceptors (Lipinski definition) is 7. The highest BCUT2D eigenvalue weighted by Gasteiger charge is 2.37. The fourth-order valence-corrected chi connectivity index (χ4v) is 7.37. The number of nitrogens with zero attached hydrogens (tertiary/aromatic N) is 3. The van der Waals surface area contributed by atoms with Crippen molar-refractivity contribution in [3.8, 4) is 46.0 Å². The van der Waals surface area contributed by atoms with Gasteiger partial charge in [-0.15, -0.1) is 0 Å². The Hall–Kier alpha value is -4.71. The average molecular weight is 602 g/mol. The zero-order chi connectivity index (χ0) is 30.7. The Morgan fingerprint density at radius 3 is 2.29 bits per heavy atom. The predicted molar refractivity (Wildman–Crippen MR) is 170 cm³/mol. The van der Waals surface area contributed by atoms with Gasteiger partial charge < -0.3 is 23.7 Å². The maximum Gasteiger partial charge on any atom is 0.271 e. The van der Waals surface area contributed by atoms with Crippen molar-refractivity contribution in [2.45, 2.75) is 37.8 Å². The molecule has 0 radical (unpaired) electrons. The summed E-state index contributed by atoms with van der Waals surface area (Å²) in [4.78, 5) is 8.45. The standard InChI is InChI=1S/C37H35N3O5/c1-38-21-40-14-12-24-18-32-33-20-27(24)28(40)16-23-7-10-30(41-3)31(17-23)43-26-8-5-22(6-9-26)15-29-35-25(11-13-39(29)2)19-34(42-4)36(44-32)37(35)45-33/h5-10,17-20,28-29H,11-16,21H2,2-4H3/t28-,29-/m0/s1. The van der Waals surface area contributed by atoms with Crippen LogP contribution in [0, 0.1) is 6.57 Å². The summed E-state index contributed by atoms with van der Waals surface area (Å²) in [5.74, 6) is 5.56. The topological polar surface area (TPSA) is 57.0 Å². The van der Waals surface area contributed by atoms with Crippen LogP contribution in [0.15, 0.2) is 60.7 Å². The first-order valence-electron chi connectivity index (χ1n) is 15.5. The summed E-state index contributed by atoms with van der Waals surface area (Å²) in [6.07, 6.45) is 3.22. The van der Waals surface area contributed by atoms with Crippen LogP contribution < -0.4 is 23.7 Å². The van der Waals surface area contributed by atoms with Gasteiger partial charge in [0.05, 0.1) is 14.2 Å². The highest BCUT2D eigenvalue weighted by molar-refractivity contribution is 5.67. The molecule has 2 atom stereocenters. The first-order chi connectivity index (χ1) is 22.0. The van der Waals surface area contributed by atoms with Crippen molar-refractivity contribution in [1.82, 2.24) is 9.80 Å². The van der Waals surface area contributed by atoms with Crippen LogP contribution in [-0.4, -0.2) is 50.8 Å². The van der Waals surface area contributed by atoms with Crippen LogP contribution in [-0.2, 0) is 25.7 Å². The van der Waals surface area contributed by atoms with Gasteiger partial charge in [-0.3, -0.25) is 9.74 Å². The van der Waals surface area contributed by atoms with E-state index in [0.717, 1.165) is 60.5 Å². The fourth-order valence-electron chi connectivity index (χ4n) is 7.37. The Morgan fingerprint density at radius 1 is 0.756 bits per heavy atom. The molecule has 7 bridgehead atoms. The minimum absolute atomic E-state index is 0.0179.